The van der Waals surface area contributed by atoms with Crippen LogP contribution < -0.4 is 10.1 Å². The molecule has 2 heterocycles. The monoisotopic (exact) mass is 271 g/mol. The van der Waals surface area contributed by atoms with Crippen LogP contribution in [-0.4, -0.2) is 23.2 Å². The SMILES string of the molecule is CCCc1nccn1C1COc2ccccc2C1NC. The van der Waals surface area contributed by atoms with Crippen LogP contribution in [0.4, 0.5) is 0 Å². The Morgan fingerprint density at radius 1 is 1.40 bits per heavy atom. The molecule has 1 aliphatic heterocycles. The first kappa shape index (κ1) is 13.2. The first-order valence-corrected chi connectivity index (χ1v) is 7.25. The summed E-state index contributed by atoms with van der Waals surface area (Å²) in [5.74, 6) is 2.13. The van der Waals surface area contributed by atoms with Gasteiger partial charge in [-0.25, -0.2) is 4.98 Å². The van der Waals surface area contributed by atoms with E-state index in [-0.39, 0.29) is 12.1 Å². The fraction of sp³-hybridized carbons (Fsp3) is 0.438. The Hall–Kier alpha value is -1.81. The number of fused-ring (bicyclic) bond motifs is 1. The summed E-state index contributed by atoms with van der Waals surface area (Å²) in [6.07, 6.45) is 6.06. The highest BCUT2D eigenvalue weighted by atomic mass is 16.5. The van der Waals surface area contributed by atoms with Gasteiger partial charge in [-0.2, -0.15) is 0 Å². The number of aryl methyl sites for hydroxylation is 1. The molecule has 0 bridgehead atoms. The van der Waals surface area contributed by atoms with Crippen LogP contribution in [0.25, 0.3) is 0 Å². The second kappa shape index (κ2) is 5.67. The number of benzene rings is 1. The quantitative estimate of drug-likeness (QED) is 0.929. The third-order valence-electron chi connectivity index (χ3n) is 3.94. The molecule has 1 aromatic carbocycles. The zero-order valence-corrected chi connectivity index (χ0v) is 12.0. The average molecular weight is 271 g/mol. The summed E-state index contributed by atoms with van der Waals surface area (Å²) >= 11 is 0. The van der Waals surface area contributed by atoms with Crippen LogP contribution in [-0.2, 0) is 6.42 Å². The maximum absolute atomic E-state index is 5.94. The molecular formula is C16H21N3O. The highest BCUT2D eigenvalue weighted by molar-refractivity contribution is 5.38. The van der Waals surface area contributed by atoms with Crippen LogP contribution in [0.5, 0.6) is 5.75 Å². The molecule has 0 aliphatic carbocycles. The standard InChI is InChI=1S/C16H21N3O/c1-3-6-15-18-9-10-19(15)13-11-20-14-8-5-4-7-12(14)16(13)17-2/h4-5,7-10,13,16-17H,3,6,11H2,1-2H3. The zero-order chi connectivity index (χ0) is 13.9. The lowest BCUT2D eigenvalue weighted by Crippen LogP contribution is -2.36. The Morgan fingerprint density at radius 3 is 3.05 bits per heavy atom. The van der Waals surface area contributed by atoms with Gasteiger partial charge in [0.15, 0.2) is 0 Å². The Kier molecular flexibility index (Phi) is 3.74. The molecule has 2 aromatic rings. The maximum Gasteiger partial charge on any atom is 0.124 e. The minimum atomic E-state index is 0.249. The summed E-state index contributed by atoms with van der Waals surface area (Å²) in [5, 5.41) is 3.44. The average Bonchev–Trinajstić information content (AvgIpc) is 2.94. The van der Waals surface area contributed by atoms with Gasteiger partial charge in [0, 0.05) is 24.4 Å². The summed E-state index contributed by atoms with van der Waals surface area (Å²) in [6, 6.07) is 8.76. The van der Waals surface area contributed by atoms with Gasteiger partial charge >= 0.3 is 0 Å². The van der Waals surface area contributed by atoms with Gasteiger partial charge in [0.2, 0.25) is 0 Å². The lowest BCUT2D eigenvalue weighted by Gasteiger charge is -2.35. The van der Waals surface area contributed by atoms with E-state index in [1.165, 1.54) is 5.56 Å². The van der Waals surface area contributed by atoms with Crippen molar-refractivity contribution in [3.63, 3.8) is 0 Å². The fourth-order valence-corrected chi connectivity index (χ4v) is 3.00. The first-order chi connectivity index (χ1) is 9.85. The molecule has 20 heavy (non-hydrogen) atoms. The van der Waals surface area contributed by atoms with Gasteiger partial charge in [0.1, 0.15) is 18.2 Å². The van der Waals surface area contributed by atoms with Gasteiger partial charge in [-0.1, -0.05) is 25.1 Å². The topological polar surface area (TPSA) is 39.1 Å². The number of likely N-dealkylation sites (N-methyl/N-ethyl adjacent to an activating group) is 1. The molecule has 4 nitrogen and oxygen atoms in total. The third kappa shape index (κ3) is 2.20. The van der Waals surface area contributed by atoms with Crippen LogP contribution in [0.15, 0.2) is 36.7 Å². The Balaban J connectivity index is 1.96. The van der Waals surface area contributed by atoms with Gasteiger partial charge in [-0.15, -0.1) is 0 Å². The Morgan fingerprint density at radius 2 is 2.25 bits per heavy atom. The zero-order valence-electron chi connectivity index (χ0n) is 12.0. The van der Waals surface area contributed by atoms with E-state index in [0.29, 0.717) is 6.61 Å². The summed E-state index contributed by atoms with van der Waals surface area (Å²) in [5.41, 5.74) is 1.22. The Labute approximate surface area is 119 Å². The van der Waals surface area contributed by atoms with Gasteiger partial charge < -0.3 is 14.6 Å². The maximum atomic E-state index is 5.94. The third-order valence-corrected chi connectivity index (χ3v) is 3.94. The molecule has 0 spiro atoms. The molecule has 1 N–H and O–H groups in total. The number of hydrogen-bond donors (Lipinski definition) is 1. The fourth-order valence-electron chi connectivity index (χ4n) is 3.00. The molecule has 2 unspecified atom stereocenters. The predicted octanol–water partition coefficient (Wildman–Crippen LogP) is 2.73. The van der Waals surface area contributed by atoms with Gasteiger partial charge in [-0.05, 0) is 19.5 Å². The lowest BCUT2D eigenvalue weighted by atomic mass is 9.96. The van der Waals surface area contributed by atoms with Gasteiger partial charge in [0.05, 0.1) is 12.1 Å². The van der Waals surface area contributed by atoms with Gasteiger partial charge in [-0.3, -0.25) is 0 Å². The van der Waals surface area contributed by atoms with E-state index in [9.17, 15) is 0 Å². The molecule has 0 fully saturated rings. The highest BCUT2D eigenvalue weighted by Crippen LogP contribution is 2.37. The van der Waals surface area contributed by atoms with Crippen LogP contribution in [0.2, 0.25) is 0 Å². The molecule has 106 valence electrons. The lowest BCUT2D eigenvalue weighted by molar-refractivity contribution is 0.181. The number of nitrogens with one attached hydrogen (secondary N) is 1. The minimum absolute atomic E-state index is 0.249. The molecule has 1 aromatic heterocycles. The molecule has 0 saturated heterocycles. The summed E-state index contributed by atoms with van der Waals surface area (Å²) in [4.78, 5) is 4.49. The van der Waals surface area contributed by atoms with E-state index in [1.54, 1.807) is 0 Å². The second-order valence-electron chi connectivity index (χ2n) is 5.18. The Bertz CT molecular complexity index is 579. The van der Waals surface area contributed by atoms with E-state index in [1.807, 2.05) is 25.4 Å². The van der Waals surface area contributed by atoms with Crippen molar-refractivity contribution in [2.45, 2.75) is 31.8 Å². The first-order valence-electron chi connectivity index (χ1n) is 7.25. The van der Waals surface area contributed by atoms with Crippen LogP contribution in [0.3, 0.4) is 0 Å². The normalized spacial score (nSPS) is 21.3. The number of aromatic nitrogens is 2. The molecular weight excluding hydrogens is 250 g/mol. The van der Waals surface area contributed by atoms with Crippen LogP contribution in [0, 0.1) is 0 Å². The van der Waals surface area contributed by atoms with Crippen molar-refractivity contribution in [2.75, 3.05) is 13.7 Å². The minimum Gasteiger partial charge on any atom is -0.491 e. The molecule has 1 aliphatic rings. The smallest absolute Gasteiger partial charge is 0.124 e. The number of imidazole rings is 1. The molecule has 4 heteroatoms. The molecule has 0 radical (unpaired) electrons. The molecule has 0 amide bonds. The summed E-state index contributed by atoms with van der Waals surface area (Å²) < 4.78 is 8.20. The van der Waals surface area contributed by atoms with Crippen LogP contribution >= 0.6 is 0 Å². The summed E-state index contributed by atoms with van der Waals surface area (Å²) in [6.45, 7) is 2.86. The number of nitrogens with zero attached hydrogens (tertiary/aromatic N) is 2. The number of rotatable bonds is 4. The van der Waals surface area contributed by atoms with Crippen molar-refractivity contribution in [1.82, 2.24) is 14.9 Å². The van der Waals surface area contributed by atoms with Crippen molar-refractivity contribution < 1.29 is 4.74 Å². The largest absolute Gasteiger partial charge is 0.491 e. The van der Waals surface area contributed by atoms with Gasteiger partial charge in [0.25, 0.3) is 0 Å². The highest BCUT2D eigenvalue weighted by Gasteiger charge is 2.31. The van der Waals surface area contributed by atoms with E-state index < -0.39 is 0 Å². The van der Waals surface area contributed by atoms with Crippen molar-refractivity contribution in [2.24, 2.45) is 0 Å². The van der Waals surface area contributed by atoms with E-state index in [0.717, 1.165) is 24.4 Å². The number of para-hydroxylation sites is 1. The van der Waals surface area contributed by atoms with Crippen LogP contribution in [0.1, 0.15) is 36.8 Å². The predicted molar refractivity (Wildman–Crippen MR) is 79.0 cm³/mol. The molecule has 3 rings (SSSR count). The van der Waals surface area contributed by atoms with E-state index in [4.69, 9.17) is 4.74 Å². The summed E-state index contributed by atoms with van der Waals surface area (Å²) in [7, 11) is 2.01. The number of ether oxygens (including phenoxy) is 1. The van der Waals surface area contributed by atoms with E-state index >= 15 is 0 Å². The van der Waals surface area contributed by atoms with Crippen molar-refractivity contribution >= 4 is 0 Å². The van der Waals surface area contributed by atoms with Crippen molar-refractivity contribution in [3.05, 3.63) is 48.0 Å². The molecule has 2 atom stereocenters. The van der Waals surface area contributed by atoms with Crippen molar-refractivity contribution in [3.8, 4) is 5.75 Å². The second-order valence-corrected chi connectivity index (χ2v) is 5.18. The number of hydrogen-bond acceptors (Lipinski definition) is 3. The van der Waals surface area contributed by atoms with E-state index in [2.05, 4.69) is 40.1 Å². The molecule has 0 saturated carbocycles. The van der Waals surface area contributed by atoms with Crippen molar-refractivity contribution in [1.29, 1.82) is 0 Å².